The van der Waals surface area contributed by atoms with Crippen molar-refractivity contribution in [1.82, 2.24) is 5.32 Å². The van der Waals surface area contributed by atoms with Crippen LogP contribution in [0.3, 0.4) is 0 Å². The molecule has 0 unspecified atom stereocenters. The van der Waals surface area contributed by atoms with E-state index in [1.807, 2.05) is 24.3 Å². The molecule has 1 aliphatic rings. The first kappa shape index (κ1) is 20.3. The number of aliphatic hydroxyl groups is 1. The molecule has 0 aromatic heterocycles. The van der Waals surface area contributed by atoms with Crippen molar-refractivity contribution in [3.8, 4) is 0 Å². The van der Waals surface area contributed by atoms with E-state index < -0.39 is 11.9 Å². The van der Waals surface area contributed by atoms with Crippen LogP contribution in [0, 0.1) is 5.82 Å². The monoisotopic (exact) mass is 404 g/mol. The van der Waals surface area contributed by atoms with Gasteiger partial charge in [-0.1, -0.05) is 29.8 Å². The molecule has 1 atom stereocenters. The molecule has 0 spiro atoms. The third kappa shape index (κ3) is 5.32. The summed E-state index contributed by atoms with van der Waals surface area (Å²) < 4.78 is 18.5. The van der Waals surface area contributed by atoms with E-state index in [0.29, 0.717) is 18.8 Å². The first-order valence-electron chi connectivity index (χ1n) is 9.04. The zero-order valence-electron chi connectivity index (χ0n) is 15.3. The second-order valence-corrected chi connectivity index (χ2v) is 6.84. The average molecular weight is 405 g/mol. The molecule has 1 aliphatic heterocycles. The number of anilines is 1. The van der Waals surface area contributed by atoms with Crippen LogP contribution in [0.25, 0.3) is 6.08 Å². The zero-order chi connectivity index (χ0) is 19.9. The van der Waals surface area contributed by atoms with Gasteiger partial charge in [0.05, 0.1) is 30.9 Å². The average Bonchev–Trinajstić information content (AvgIpc) is 2.72. The Morgan fingerprint density at radius 3 is 2.79 bits per heavy atom. The van der Waals surface area contributed by atoms with Crippen LogP contribution in [0.5, 0.6) is 0 Å². The van der Waals surface area contributed by atoms with Gasteiger partial charge in [0.1, 0.15) is 5.82 Å². The largest absolute Gasteiger partial charge is 0.394 e. The Hall–Kier alpha value is -2.41. The van der Waals surface area contributed by atoms with E-state index >= 15 is 0 Å². The van der Waals surface area contributed by atoms with Crippen molar-refractivity contribution in [3.63, 3.8) is 0 Å². The molecule has 148 valence electrons. The fraction of sp³-hybridized carbons (Fsp3) is 0.286. The van der Waals surface area contributed by atoms with E-state index in [4.69, 9.17) is 16.3 Å². The van der Waals surface area contributed by atoms with E-state index in [-0.39, 0.29) is 17.5 Å². The Bertz CT molecular complexity index is 853. The van der Waals surface area contributed by atoms with E-state index in [0.717, 1.165) is 24.3 Å². The predicted molar refractivity (Wildman–Crippen MR) is 108 cm³/mol. The molecule has 1 amide bonds. The van der Waals surface area contributed by atoms with E-state index in [1.165, 1.54) is 30.4 Å². The Morgan fingerprint density at radius 1 is 1.29 bits per heavy atom. The molecule has 5 nitrogen and oxygen atoms in total. The lowest BCUT2D eigenvalue weighted by molar-refractivity contribution is -0.117. The molecule has 7 heteroatoms. The Labute approximate surface area is 168 Å². The standard InChI is InChI=1S/C21H22ClFN2O3/c22-19-13-17(23)6-4-15(19)5-7-21(27)24-20(14-26)16-2-1-3-18(12-16)25-8-10-28-11-9-25/h1-7,12-13,20,26H,8-11,14H2,(H,24,27)/t20-/m1/s1. The minimum Gasteiger partial charge on any atom is -0.394 e. The number of carbonyl (C=O) groups excluding carboxylic acids is 1. The first-order valence-corrected chi connectivity index (χ1v) is 9.42. The van der Waals surface area contributed by atoms with Crippen LogP contribution >= 0.6 is 11.6 Å². The van der Waals surface area contributed by atoms with Gasteiger partial charge < -0.3 is 20.1 Å². The molecule has 1 fully saturated rings. The van der Waals surface area contributed by atoms with Crippen molar-refractivity contribution in [2.45, 2.75) is 6.04 Å². The number of halogens is 2. The van der Waals surface area contributed by atoms with Gasteiger partial charge in [-0.2, -0.15) is 0 Å². The van der Waals surface area contributed by atoms with Crippen LogP contribution in [-0.4, -0.2) is 43.9 Å². The molecule has 0 aliphatic carbocycles. The third-order valence-electron chi connectivity index (χ3n) is 4.52. The topological polar surface area (TPSA) is 61.8 Å². The van der Waals surface area contributed by atoms with Gasteiger partial charge in [0.15, 0.2) is 0 Å². The number of aliphatic hydroxyl groups excluding tert-OH is 1. The third-order valence-corrected chi connectivity index (χ3v) is 4.85. The predicted octanol–water partition coefficient (Wildman–Crippen LogP) is 3.18. The van der Waals surface area contributed by atoms with Crippen molar-refractivity contribution in [2.24, 2.45) is 0 Å². The van der Waals surface area contributed by atoms with Gasteiger partial charge in [-0.05, 0) is 41.5 Å². The van der Waals surface area contributed by atoms with Crippen molar-refractivity contribution in [3.05, 3.63) is 70.5 Å². The molecule has 1 saturated heterocycles. The minimum atomic E-state index is -0.540. The SMILES string of the molecule is O=C(C=Cc1ccc(F)cc1Cl)N[C@H](CO)c1cccc(N2CCOCC2)c1. The maximum Gasteiger partial charge on any atom is 0.244 e. The maximum absolute atomic E-state index is 13.1. The van der Waals surface area contributed by atoms with Crippen LogP contribution in [0.4, 0.5) is 10.1 Å². The Kier molecular flexibility index (Phi) is 7.03. The summed E-state index contributed by atoms with van der Waals surface area (Å²) in [6, 6.07) is 11.2. The molecule has 0 saturated carbocycles. The molecule has 1 heterocycles. The smallest absolute Gasteiger partial charge is 0.244 e. The lowest BCUT2D eigenvalue weighted by Crippen LogP contribution is -2.36. The lowest BCUT2D eigenvalue weighted by atomic mass is 10.1. The Balaban J connectivity index is 1.67. The number of ether oxygens (including phenoxy) is 1. The molecule has 2 aromatic rings. The summed E-state index contributed by atoms with van der Waals surface area (Å²) in [4.78, 5) is 14.5. The highest BCUT2D eigenvalue weighted by atomic mass is 35.5. The van der Waals surface area contributed by atoms with E-state index in [1.54, 1.807) is 0 Å². The van der Waals surface area contributed by atoms with Crippen LogP contribution in [0.2, 0.25) is 5.02 Å². The summed E-state index contributed by atoms with van der Waals surface area (Å²) >= 11 is 5.96. The van der Waals surface area contributed by atoms with Crippen LogP contribution < -0.4 is 10.2 Å². The van der Waals surface area contributed by atoms with Crippen molar-refractivity contribution >= 4 is 29.3 Å². The summed E-state index contributed by atoms with van der Waals surface area (Å²) in [7, 11) is 0. The van der Waals surface area contributed by atoms with Gasteiger partial charge in [-0.15, -0.1) is 0 Å². The molecular weight excluding hydrogens is 383 g/mol. The quantitative estimate of drug-likeness (QED) is 0.726. The number of morpholine rings is 1. The summed E-state index contributed by atoms with van der Waals surface area (Å²) in [6.45, 7) is 2.74. The minimum absolute atomic E-state index is 0.223. The Morgan fingerprint density at radius 2 is 2.07 bits per heavy atom. The first-order chi connectivity index (χ1) is 13.6. The molecule has 3 rings (SSSR count). The van der Waals surface area contributed by atoms with Crippen LogP contribution in [0.1, 0.15) is 17.2 Å². The number of carbonyl (C=O) groups is 1. The molecule has 2 N–H and O–H groups in total. The zero-order valence-corrected chi connectivity index (χ0v) is 16.0. The fourth-order valence-electron chi connectivity index (χ4n) is 3.02. The van der Waals surface area contributed by atoms with E-state index in [2.05, 4.69) is 10.2 Å². The number of hydrogen-bond acceptors (Lipinski definition) is 4. The summed E-state index contributed by atoms with van der Waals surface area (Å²) in [5.41, 5.74) is 2.38. The molecule has 0 bridgehead atoms. The highest BCUT2D eigenvalue weighted by Crippen LogP contribution is 2.22. The second kappa shape index (κ2) is 9.68. The van der Waals surface area contributed by atoms with Crippen LogP contribution in [0.15, 0.2) is 48.5 Å². The summed E-state index contributed by atoms with van der Waals surface area (Å²) in [5, 5.41) is 12.8. The van der Waals surface area contributed by atoms with Gasteiger partial charge in [0.25, 0.3) is 0 Å². The molecule has 2 aromatic carbocycles. The molecular formula is C21H22ClFN2O3. The van der Waals surface area contributed by atoms with Gasteiger partial charge in [-0.3, -0.25) is 4.79 Å². The number of rotatable bonds is 6. The van der Waals surface area contributed by atoms with Crippen LogP contribution in [-0.2, 0) is 9.53 Å². The number of nitrogens with one attached hydrogen (secondary N) is 1. The van der Waals surface area contributed by atoms with Crippen molar-refractivity contribution < 1.29 is 19.0 Å². The van der Waals surface area contributed by atoms with Crippen molar-refractivity contribution in [1.29, 1.82) is 0 Å². The summed E-state index contributed by atoms with van der Waals surface area (Å²) in [5.74, 6) is -0.816. The van der Waals surface area contributed by atoms with Gasteiger partial charge in [0, 0.05) is 24.9 Å². The highest BCUT2D eigenvalue weighted by molar-refractivity contribution is 6.32. The van der Waals surface area contributed by atoms with Gasteiger partial charge >= 0.3 is 0 Å². The summed E-state index contributed by atoms with van der Waals surface area (Å²) in [6.07, 6.45) is 2.82. The highest BCUT2D eigenvalue weighted by Gasteiger charge is 2.16. The molecule has 28 heavy (non-hydrogen) atoms. The fourth-order valence-corrected chi connectivity index (χ4v) is 3.25. The van der Waals surface area contributed by atoms with Crippen molar-refractivity contribution in [2.75, 3.05) is 37.8 Å². The normalized spacial score (nSPS) is 15.6. The van der Waals surface area contributed by atoms with Gasteiger partial charge in [0.2, 0.25) is 5.91 Å². The van der Waals surface area contributed by atoms with Gasteiger partial charge in [-0.25, -0.2) is 4.39 Å². The maximum atomic E-state index is 13.1. The molecule has 0 radical (unpaired) electrons. The van der Waals surface area contributed by atoms with E-state index in [9.17, 15) is 14.3 Å². The number of hydrogen-bond donors (Lipinski definition) is 2. The second-order valence-electron chi connectivity index (χ2n) is 6.44. The number of amides is 1. The number of nitrogens with zero attached hydrogens (tertiary/aromatic N) is 1. The lowest BCUT2D eigenvalue weighted by Gasteiger charge is -2.29. The number of benzene rings is 2.